The number of hydrogen-bond donors (Lipinski definition) is 1. The minimum atomic E-state index is -4.41. The minimum Gasteiger partial charge on any atom is -0.475 e. The Kier molecular flexibility index (Phi) is 6.10. The fourth-order valence-electron chi connectivity index (χ4n) is 1.74. The lowest BCUT2D eigenvalue weighted by atomic mass is 10.2. The first-order valence-electron chi connectivity index (χ1n) is 6.86. The number of rotatable bonds is 7. The van der Waals surface area contributed by atoms with Gasteiger partial charge < -0.3 is 10.1 Å². The van der Waals surface area contributed by atoms with Crippen molar-refractivity contribution in [3.8, 4) is 5.88 Å². The number of hydrogen-bond acceptors (Lipinski definition) is 3. The van der Waals surface area contributed by atoms with E-state index in [2.05, 4.69) is 10.3 Å². The van der Waals surface area contributed by atoms with Crippen LogP contribution in [0.2, 0.25) is 0 Å². The third-order valence-corrected chi connectivity index (χ3v) is 2.70. The van der Waals surface area contributed by atoms with E-state index in [-0.39, 0.29) is 17.8 Å². The van der Waals surface area contributed by atoms with Crippen LogP contribution in [0.5, 0.6) is 5.88 Å². The highest BCUT2D eigenvalue weighted by molar-refractivity contribution is 5.42. The van der Waals surface area contributed by atoms with E-state index in [1.807, 2.05) is 20.8 Å². The van der Waals surface area contributed by atoms with Gasteiger partial charge in [-0.2, -0.15) is 18.2 Å². The zero-order chi connectivity index (χ0) is 15.2. The lowest BCUT2D eigenvalue weighted by Crippen LogP contribution is -2.15. The Morgan fingerprint density at radius 2 is 1.95 bits per heavy atom. The predicted molar refractivity (Wildman–Crippen MR) is 73.0 cm³/mol. The highest BCUT2D eigenvalue weighted by Crippen LogP contribution is 2.33. The molecule has 1 atom stereocenters. The molecule has 1 rings (SSSR count). The number of anilines is 1. The molecule has 20 heavy (non-hydrogen) atoms. The molecule has 0 radical (unpaired) electrons. The van der Waals surface area contributed by atoms with E-state index < -0.39 is 11.7 Å². The Morgan fingerprint density at radius 3 is 2.50 bits per heavy atom. The number of aromatic nitrogens is 1. The van der Waals surface area contributed by atoms with Crippen LogP contribution < -0.4 is 10.1 Å². The molecule has 1 N–H and O–H groups in total. The monoisotopic (exact) mass is 290 g/mol. The summed E-state index contributed by atoms with van der Waals surface area (Å²) < 4.78 is 44.0. The number of alkyl halides is 3. The zero-order valence-corrected chi connectivity index (χ0v) is 12.0. The molecule has 0 aliphatic heterocycles. The number of ether oxygens (including phenoxy) is 1. The van der Waals surface area contributed by atoms with Gasteiger partial charge in [0.1, 0.15) is 5.82 Å². The molecule has 1 aromatic rings. The number of nitrogens with zero attached hydrogens (tertiary/aromatic N) is 1. The summed E-state index contributed by atoms with van der Waals surface area (Å²) in [6.45, 7) is 6.32. The molecule has 1 aromatic heterocycles. The summed E-state index contributed by atoms with van der Waals surface area (Å²) in [4.78, 5) is 4.07. The summed E-state index contributed by atoms with van der Waals surface area (Å²) in [6, 6.07) is 1.95. The zero-order valence-electron chi connectivity index (χ0n) is 12.0. The van der Waals surface area contributed by atoms with Gasteiger partial charge in [-0.3, -0.25) is 0 Å². The summed E-state index contributed by atoms with van der Waals surface area (Å²) in [5.41, 5.74) is -0.746. The largest absolute Gasteiger partial charge is 0.475 e. The van der Waals surface area contributed by atoms with Crippen molar-refractivity contribution in [3.63, 3.8) is 0 Å². The van der Waals surface area contributed by atoms with Gasteiger partial charge in [0, 0.05) is 12.6 Å². The molecule has 0 aliphatic carbocycles. The Balaban J connectivity index is 2.97. The molecule has 1 unspecified atom stereocenters. The van der Waals surface area contributed by atoms with Crippen LogP contribution in [-0.4, -0.2) is 17.6 Å². The number of nitrogens with one attached hydrogen (secondary N) is 1. The second-order valence-electron chi connectivity index (χ2n) is 4.72. The van der Waals surface area contributed by atoms with Crippen molar-refractivity contribution in [2.75, 3.05) is 11.9 Å². The molecule has 0 saturated carbocycles. The fraction of sp³-hybridized carbons (Fsp3) is 0.643. The van der Waals surface area contributed by atoms with Gasteiger partial charge in [0.25, 0.3) is 0 Å². The third-order valence-electron chi connectivity index (χ3n) is 2.70. The van der Waals surface area contributed by atoms with Gasteiger partial charge in [0.05, 0.1) is 11.7 Å². The molecule has 0 bridgehead atoms. The molecule has 3 nitrogen and oxygen atoms in total. The van der Waals surface area contributed by atoms with Gasteiger partial charge >= 0.3 is 6.18 Å². The number of pyridine rings is 1. The molecule has 114 valence electrons. The first-order valence-corrected chi connectivity index (χ1v) is 6.86. The normalized spacial score (nSPS) is 13.1. The van der Waals surface area contributed by atoms with Crippen LogP contribution in [0.25, 0.3) is 0 Å². The van der Waals surface area contributed by atoms with Crippen LogP contribution in [0.1, 0.15) is 45.6 Å². The minimum absolute atomic E-state index is 0.0133. The van der Waals surface area contributed by atoms with Crippen molar-refractivity contribution in [2.24, 2.45) is 0 Å². The van der Waals surface area contributed by atoms with Crippen LogP contribution in [0.15, 0.2) is 12.1 Å². The van der Waals surface area contributed by atoms with E-state index in [0.29, 0.717) is 6.54 Å². The summed E-state index contributed by atoms with van der Waals surface area (Å²) >= 11 is 0. The maximum Gasteiger partial charge on any atom is 0.416 e. The lowest BCUT2D eigenvalue weighted by Gasteiger charge is -2.16. The van der Waals surface area contributed by atoms with Crippen molar-refractivity contribution < 1.29 is 17.9 Å². The quantitative estimate of drug-likeness (QED) is 0.803. The van der Waals surface area contributed by atoms with Crippen LogP contribution in [0, 0.1) is 0 Å². The lowest BCUT2D eigenvalue weighted by molar-refractivity contribution is -0.137. The molecular formula is C14H21F3N2O. The van der Waals surface area contributed by atoms with Gasteiger partial charge in [-0.25, -0.2) is 0 Å². The fourth-order valence-corrected chi connectivity index (χ4v) is 1.74. The van der Waals surface area contributed by atoms with E-state index in [9.17, 15) is 13.2 Å². The number of halogens is 3. The van der Waals surface area contributed by atoms with Crippen LogP contribution in [0.3, 0.4) is 0 Å². The SMILES string of the molecule is CCCNc1cc(C(F)(F)F)cc(OC(C)CCC)n1. The first kappa shape index (κ1) is 16.6. The average molecular weight is 290 g/mol. The first-order chi connectivity index (χ1) is 9.36. The van der Waals surface area contributed by atoms with Gasteiger partial charge in [0.2, 0.25) is 5.88 Å². The maximum absolute atomic E-state index is 12.8. The van der Waals surface area contributed by atoms with Crippen molar-refractivity contribution in [1.82, 2.24) is 4.98 Å². The summed E-state index contributed by atoms with van der Waals surface area (Å²) in [7, 11) is 0. The second kappa shape index (κ2) is 7.36. The third kappa shape index (κ3) is 5.27. The van der Waals surface area contributed by atoms with Crippen molar-refractivity contribution in [3.05, 3.63) is 17.7 Å². The molecule has 0 aromatic carbocycles. The highest BCUT2D eigenvalue weighted by Gasteiger charge is 2.32. The Bertz CT molecular complexity index is 421. The van der Waals surface area contributed by atoms with E-state index in [0.717, 1.165) is 31.4 Å². The van der Waals surface area contributed by atoms with E-state index in [1.165, 1.54) is 0 Å². The standard InChI is InChI=1S/C14H21F3N2O/c1-4-6-10(3)20-13-9-11(14(15,16)17)8-12(19-13)18-7-5-2/h8-10H,4-7H2,1-3H3,(H,18,19). The Labute approximate surface area is 117 Å². The molecule has 6 heteroatoms. The molecule has 0 saturated heterocycles. The molecule has 1 heterocycles. The van der Waals surface area contributed by atoms with E-state index in [1.54, 1.807) is 0 Å². The van der Waals surface area contributed by atoms with Gasteiger partial charge in [0.15, 0.2) is 0 Å². The van der Waals surface area contributed by atoms with Crippen molar-refractivity contribution in [2.45, 2.75) is 52.3 Å². The van der Waals surface area contributed by atoms with Crippen molar-refractivity contribution in [1.29, 1.82) is 0 Å². The predicted octanol–water partition coefficient (Wildman–Crippen LogP) is 4.49. The Hall–Kier alpha value is -1.46. The van der Waals surface area contributed by atoms with Crippen LogP contribution in [-0.2, 0) is 6.18 Å². The van der Waals surface area contributed by atoms with Gasteiger partial charge in [-0.1, -0.05) is 20.3 Å². The molecule has 0 spiro atoms. The van der Waals surface area contributed by atoms with E-state index >= 15 is 0 Å². The van der Waals surface area contributed by atoms with Crippen molar-refractivity contribution >= 4 is 5.82 Å². The van der Waals surface area contributed by atoms with Crippen LogP contribution >= 0.6 is 0 Å². The average Bonchev–Trinajstić information content (AvgIpc) is 2.35. The topological polar surface area (TPSA) is 34.1 Å². The summed E-state index contributed by atoms with van der Waals surface area (Å²) in [6.07, 6.45) is -2.08. The summed E-state index contributed by atoms with van der Waals surface area (Å²) in [5, 5.41) is 2.86. The maximum atomic E-state index is 12.8. The highest BCUT2D eigenvalue weighted by atomic mass is 19.4. The summed E-state index contributed by atoms with van der Waals surface area (Å²) in [5.74, 6) is 0.208. The molecule has 0 aliphatic rings. The van der Waals surface area contributed by atoms with Gasteiger partial charge in [-0.05, 0) is 25.8 Å². The smallest absolute Gasteiger partial charge is 0.416 e. The molecule has 0 amide bonds. The molecular weight excluding hydrogens is 269 g/mol. The molecule has 0 fully saturated rings. The second-order valence-corrected chi connectivity index (χ2v) is 4.72. The van der Waals surface area contributed by atoms with E-state index in [4.69, 9.17) is 4.74 Å². The van der Waals surface area contributed by atoms with Gasteiger partial charge in [-0.15, -0.1) is 0 Å². The van der Waals surface area contributed by atoms with Crippen LogP contribution in [0.4, 0.5) is 19.0 Å². The Morgan fingerprint density at radius 1 is 1.25 bits per heavy atom.